The fraction of sp³-hybridized carbons (Fsp3) is 0.200. The van der Waals surface area contributed by atoms with Gasteiger partial charge in [-0.1, -0.05) is 0 Å². The fourth-order valence-corrected chi connectivity index (χ4v) is 1.41. The molecule has 0 aromatic heterocycles. The van der Waals surface area contributed by atoms with E-state index in [4.69, 9.17) is 5.26 Å². The van der Waals surface area contributed by atoms with Gasteiger partial charge in [-0.05, 0) is 40.5 Å². The van der Waals surface area contributed by atoms with Crippen molar-refractivity contribution in [2.75, 3.05) is 5.32 Å². The summed E-state index contributed by atoms with van der Waals surface area (Å²) in [4.78, 5) is 11.1. The first kappa shape index (κ1) is 11.7. The second-order valence-corrected chi connectivity index (χ2v) is 3.78. The molecular formula is C10H8BrFN2O. The SMILES string of the molecule is Cc1cc(F)c(Br)c(NC(=O)CC#N)c1. The molecule has 0 bridgehead atoms. The minimum atomic E-state index is -0.455. The number of hydrogen-bond acceptors (Lipinski definition) is 2. The largest absolute Gasteiger partial charge is 0.324 e. The number of rotatable bonds is 2. The minimum absolute atomic E-state index is 0.194. The van der Waals surface area contributed by atoms with Gasteiger partial charge in [-0.15, -0.1) is 0 Å². The summed E-state index contributed by atoms with van der Waals surface area (Å²) in [5.41, 5.74) is 1.04. The summed E-state index contributed by atoms with van der Waals surface area (Å²) in [6.07, 6.45) is -0.248. The second-order valence-electron chi connectivity index (χ2n) is 2.99. The molecule has 0 radical (unpaired) electrons. The number of aryl methyl sites for hydroxylation is 1. The lowest BCUT2D eigenvalue weighted by Crippen LogP contribution is -2.11. The van der Waals surface area contributed by atoms with Gasteiger partial charge in [-0.3, -0.25) is 4.79 Å². The van der Waals surface area contributed by atoms with Crippen LogP contribution in [0.3, 0.4) is 0 Å². The fourth-order valence-electron chi connectivity index (χ4n) is 1.08. The van der Waals surface area contributed by atoms with Gasteiger partial charge in [0.2, 0.25) is 5.91 Å². The summed E-state index contributed by atoms with van der Waals surface area (Å²) in [5.74, 6) is -0.898. The standard InChI is InChI=1S/C10H8BrFN2O/c1-6-4-7(12)10(11)8(5-6)14-9(15)2-3-13/h4-5H,2H2,1H3,(H,14,15). The smallest absolute Gasteiger partial charge is 0.238 e. The van der Waals surface area contributed by atoms with E-state index >= 15 is 0 Å². The number of nitrogens with one attached hydrogen (secondary N) is 1. The van der Waals surface area contributed by atoms with Gasteiger partial charge < -0.3 is 5.32 Å². The molecule has 0 saturated carbocycles. The van der Waals surface area contributed by atoms with Crippen LogP contribution in [0.15, 0.2) is 16.6 Å². The summed E-state index contributed by atoms with van der Waals surface area (Å²) < 4.78 is 13.4. The van der Waals surface area contributed by atoms with Crippen molar-refractivity contribution in [3.8, 4) is 6.07 Å². The molecule has 15 heavy (non-hydrogen) atoms. The lowest BCUT2D eigenvalue weighted by molar-refractivity contribution is -0.115. The monoisotopic (exact) mass is 270 g/mol. The molecule has 0 fully saturated rings. The maximum atomic E-state index is 13.2. The molecule has 0 saturated heterocycles. The highest BCUT2D eigenvalue weighted by Crippen LogP contribution is 2.27. The van der Waals surface area contributed by atoms with Crippen LogP contribution in [0.1, 0.15) is 12.0 Å². The van der Waals surface area contributed by atoms with Crippen molar-refractivity contribution in [2.45, 2.75) is 13.3 Å². The van der Waals surface area contributed by atoms with E-state index in [0.717, 1.165) is 0 Å². The van der Waals surface area contributed by atoms with Crippen molar-refractivity contribution in [1.82, 2.24) is 0 Å². The third kappa shape index (κ3) is 3.03. The van der Waals surface area contributed by atoms with E-state index in [-0.39, 0.29) is 10.9 Å². The Balaban J connectivity index is 2.95. The molecule has 1 amide bonds. The van der Waals surface area contributed by atoms with Gasteiger partial charge in [0, 0.05) is 0 Å². The summed E-state index contributed by atoms with van der Waals surface area (Å²) in [7, 11) is 0. The number of halogens is 2. The highest BCUT2D eigenvalue weighted by atomic mass is 79.9. The highest BCUT2D eigenvalue weighted by molar-refractivity contribution is 9.10. The molecule has 1 rings (SSSR count). The quantitative estimate of drug-likeness (QED) is 0.899. The number of nitrogens with zero attached hydrogens (tertiary/aromatic N) is 1. The summed E-state index contributed by atoms with van der Waals surface area (Å²) >= 11 is 3.02. The van der Waals surface area contributed by atoms with E-state index in [1.54, 1.807) is 19.1 Å². The molecule has 1 aromatic carbocycles. The van der Waals surface area contributed by atoms with E-state index in [2.05, 4.69) is 21.2 Å². The molecule has 1 N–H and O–H groups in total. The van der Waals surface area contributed by atoms with E-state index in [9.17, 15) is 9.18 Å². The van der Waals surface area contributed by atoms with Crippen LogP contribution < -0.4 is 5.32 Å². The molecule has 0 spiro atoms. The Hall–Kier alpha value is -1.41. The van der Waals surface area contributed by atoms with E-state index < -0.39 is 11.7 Å². The molecule has 3 nitrogen and oxygen atoms in total. The molecule has 0 aliphatic rings. The first-order chi connectivity index (χ1) is 7.04. The zero-order valence-corrected chi connectivity index (χ0v) is 9.56. The molecule has 0 aliphatic carbocycles. The molecule has 0 atom stereocenters. The van der Waals surface area contributed by atoms with Crippen molar-refractivity contribution in [3.63, 3.8) is 0 Å². The van der Waals surface area contributed by atoms with Gasteiger partial charge in [-0.25, -0.2) is 4.39 Å². The van der Waals surface area contributed by atoms with E-state index in [0.29, 0.717) is 11.3 Å². The Kier molecular flexibility index (Phi) is 3.81. The predicted molar refractivity (Wildman–Crippen MR) is 57.7 cm³/mol. The maximum absolute atomic E-state index is 13.2. The van der Waals surface area contributed by atoms with Gasteiger partial charge in [-0.2, -0.15) is 5.26 Å². The topological polar surface area (TPSA) is 52.9 Å². The molecule has 78 valence electrons. The second kappa shape index (κ2) is 4.89. The Morgan fingerprint density at radius 1 is 1.67 bits per heavy atom. The lowest BCUT2D eigenvalue weighted by atomic mass is 10.2. The number of anilines is 1. The van der Waals surface area contributed by atoms with Crippen molar-refractivity contribution in [1.29, 1.82) is 5.26 Å². The van der Waals surface area contributed by atoms with Gasteiger partial charge in [0.1, 0.15) is 12.2 Å². The van der Waals surface area contributed by atoms with Crippen LogP contribution in [-0.2, 0) is 4.79 Å². The minimum Gasteiger partial charge on any atom is -0.324 e. The van der Waals surface area contributed by atoms with E-state index in [1.165, 1.54) is 6.07 Å². The van der Waals surface area contributed by atoms with Crippen molar-refractivity contribution >= 4 is 27.5 Å². The van der Waals surface area contributed by atoms with Crippen LogP contribution in [0, 0.1) is 24.1 Å². The molecule has 0 unspecified atom stereocenters. The average molecular weight is 271 g/mol. The van der Waals surface area contributed by atoms with E-state index in [1.807, 2.05) is 0 Å². The third-order valence-electron chi connectivity index (χ3n) is 1.69. The Labute approximate surface area is 95.0 Å². The van der Waals surface area contributed by atoms with Crippen molar-refractivity contribution in [3.05, 3.63) is 28.0 Å². The van der Waals surface area contributed by atoms with Crippen LogP contribution in [-0.4, -0.2) is 5.91 Å². The number of benzene rings is 1. The molecule has 0 heterocycles. The van der Waals surface area contributed by atoms with Crippen LogP contribution in [0.2, 0.25) is 0 Å². The van der Waals surface area contributed by atoms with Crippen LogP contribution in [0.4, 0.5) is 10.1 Å². The highest BCUT2D eigenvalue weighted by Gasteiger charge is 2.09. The van der Waals surface area contributed by atoms with Crippen molar-refractivity contribution in [2.24, 2.45) is 0 Å². The number of nitriles is 1. The number of carbonyl (C=O) groups excluding carboxylic acids is 1. The van der Waals surface area contributed by atoms with Crippen LogP contribution in [0.25, 0.3) is 0 Å². The Morgan fingerprint density at radius 2 is 2.33 bits per heavy atom. The average Bonchev–Trinajstić information content (AvgIpc) is 2.13. The number of carbonyl (C=O) groups is 1. The van der Waals surface area contributed by atoms with Gasteiger partial charge >= 0.3 is 0 Å². The van der Waals surface area contributed by atoms with Gasteiger partial charge in [0.15, 0.2) is 0 Å². The molecular weight excluding hydrogens is 263 g/mol. The zero-order chi connectivity index (χ0) is 11.4. The molecule has 0 aliphatic heterocycles. The predicted octanol–water partition coefficient (Wildman–Crippen LogP) is 2.75. The number of amides is 1. The summed E-state index contributed by atoms with van der Waals surface area (Å²) in [6.45, 7) is 1.72. The Morgan fingerprint density at radius 3 is 2.93 bits per heavy atom. The first-order valence-electron chi connectivity index (χ1n) is 4.17. The molecule has 5 heteroatoms. The van der Waals surface area contributed by atoms with Crippen LogP contribution >= 0.6 is 15.9 Å². The van der Waals surface area contributed by atoms with Crippen LogP contribution in [0.5, 0.6) is 0 Å². The summed E-state index contributed by atoms with van der Waals surface area (Å²) in [5, 5.41) is 10.7. The van der Waals surface area contributed by atoms with Crippen molar-refractivity contribution < 1.29 is 9.18 Å². The third-order valence-corrected chi connectivity index (χ3v) is 2.49. The zero-order valence-electron chi connectivity index (χ0n) is 7.97. The van der Waals surface area contributed by atoms with Gasteiger partial charge in [0.05, 0.1) is 16.2 Å². The molecule has 1 aromatic rings. The summed E-state index contributed by atoms with van der Waals surface area (Å²) in [6, 6.07) is 4.69. The Bertz CT molecular complexity index is 440. The number of hydrogen-bond donors (Lipinski definition) is 1. The lowest BCUT2D eigenvalue weighted by Gasteiger charge is -2.07. The maximum Gasteiger partial charge on any atom is 0.238 e. The first-order valence-corrected chi connectivity index (χ1v) is 4.96. The van der Waals surface area contributed by atoms with Gasteiger partial charge in [0.25, 0.3) is 0 Å². The normalized spacial score (nSPS) is 9.47.